The van der Waals surface area contributed by atoms with E-state index >= 15 is 0 Å². The van der Waals surface area contributed by atoms with Crippen LogP contribution in [0.25, 0.3) is 11.4 Å². The summed E-state index contributed by atoms with van der Waals surface area (Å²) in [7, 11) is 2.87. The predicted molar refractivity (Wildman–Crippen MR) is 95.5 cm³/mol. The molecule has 0 bridgehead atoms. The summed E-state index contributed by atoms with van der Waals surface area (Å²) in [5, 5.41) is 20.6. The molecule has 2 N–H and O–H groups in total. The normalized spacial score (nSPS) is 31.3. The monoisotopic (exact) mass is 390 g/mol. The maximum atomic E-state index is 11.0. The molecule has 2 aliphatic rings. The molecule has 1 fully saturated rings. The van der Waals surface area contributed by atoms with Crippen molar-refractivity contribution in [2.75, 3.05) is 14.2 Å². The van der Waals surface area contributed by atoms with Gasteiger partial charge in [-0.1, -0.05) is 6.07 Å². The number of nitrogens with zero attached hydrogens (tertiary/aromatic N) is 2. The number of hydrogen-bond donors (Lipinski definition) is 2. The zero-order valence-corrected chi connectivity index (χ0v) is 15.7. The summed E-state index contributed by atoms with van der Waals surface area (Å²) in [6, 6.07) is 6.90. The zero-order valence-electron chi connectivity index (χ0n) is 15.7. The third-order valence-electron chi connectivity index (χ3n) is 5.00. The quantitative estimate of drug-likeness (QED) is 0.785. The Bertz CT molecular complexity index is 850. The molecule has 4 rings (SSSR count). The third kappa shape index (κ3) is 2.83. The Balaban J connectivity index is 1.86. The lowest BCUT2D eigenvalue weighted by atomic mass is 9.95. The summed E-state index contributed by atoms with van der Waals surface area (Å²) < 4.78 is 29.0. The molecule has 0 aromatic carbocycles. The summed E-state index contributed by atoms with van der Waals surface area (Å²) in [5.74, 6) is -1.11. The summed E-state index contributed by atoms with van der Waals surface area (Å²) in [4.78, 5) is 8.74. The molecule has 0 aliphatic carbocycles. The molecule has 2 aromatic rings. The molecule has 0 amide bonds. The second-order valence-electron chi connectivity index (χ2n) is 6.63. The number of rotatable bonds is 4. The summed E-state index contributed by atoms with van der Waals surface area (Å²) in [6.45, 7) is 1.48. The number of fused-ring (bicyclic) bond motifs is 2. The van der Waals surface area contributed by atoms with Crippen LogP contribution in [-0.2, 0) is 20.8 Å². The van der Waals surface area contributed by atoms with Gasteiger partial charge in [0.05, 0.1) is 24.1 Å². The van der Waals surface area contributed by atoms with E-state index in [-0.39, 0.29) is 12.4 Å². The average Bonchev–Trinajstić information content (AvgIpc) is 2.72. The standard InChI is InChI=1S/C19H22N2O7/c1-10-15(24-2)17(23)19(25-3)18(26-10)27-13-8-11(9-22)21-14(16(13)28-19)12-6-4-5-7-20-12/h4-8,10,15,17-18,22-23H,9H2,1-3H3/t10-,15-,17+,18-,19-/m0/s1. The second-order valence-corrected chi connectivity index (χ2v) is 6.63. The van der Waals surface area contributed by atoms with E-state index in [9.17, 15) is 10.2 Å². The predicted octanol–water partition coefficient (Wildman–Crippen LogP) is 0.870. The van der Waals surface area contributed by atoms with Crippen molar-refractivity contribution in [2.45, 2.75) is 43.9 Å². The lowest BCUT2D eigenvalue weighted by Gasteiger charge is -2.51. The molecule has 2 aromatic heterocycles. The van der Waals surface area contributed by atoms with Crippen molar-refractivity contribution in [3.05, 3.63) is 36.2 Å². The average molecular weight is 390 g/mol. The van der Waals surface area contributed by atoms with E-state index in [1.54, 1.807) is 31.3 Å². The molecule has 2 aliphatic heterocycles. The first-order chi connectivity index (χ1) is 13.5. The molecule has 5 atom stereocenters. The number of pyridine rings is 2. The minimum Gasteiger partial charge on any atom is -0.454 e. The lowest BCUT2D eigenvalue weighted by Crippen LogP contribution is -2.71. The highest BCUT2D eigenvalue weighted by molar-refractivity contribution is 5.68. The van der Waals surface area contributed by atoms with Crippen molar-refractivity contribution in [3.8, 4) is 22.9 Å². The first kappa shape index (κ1) is 19.0. The van der Waals surface area contributed by atoms with Gasteiger partial charge < -0.3 is 33.9 Å². The van der Waals surface area contributed by atoms with Crippen molar-refractivity contribution < 1.29 is 33.9 Å². The van der Waals surface area contributed by atoms with Gasteiger partial charge in [0.25, 0.3) is 6.29 Å². The van der Waals surface area contributed by atoms with Gasteiger partial charge in [0, 0.05) is 26.5 Å². The van der Waals surface area contributed by atoms with Gasteiger partial charge >= 0.3 is 5.79 Å². The topological polar surface area (TPSA) is 112 Å². The van der Waals surface area contributed by atoms with Crippen LogP contribution < -0.4 is 9.47 Å². The Morgan fingerprint density at radius 3 is 2.75 bits per heavy atom. The first-order valence-corrected chi connectivity index (χ1v) is 8.87. The van der Waals surface area contributed by atoms with Crippen LogP contribution in [0, 0.1) is 0 Å². The molecular weight excluding hydrogens is 368 g/mol. The fraction of sp³-hybridized carbons (Fsp3) is 0.474. The van der Waals surface area contributed by atoms with Crippen molar-refractivity contribution in [1.82, 2.24) is 9.97 Å². The van der Waals surface area contributed by atoms with E-state index < -0.39 is 30.4 Å². The molecule has 150 valence electrons. The summed E-state index contributed by atoms with van der Waals surface area (Å²) >= 11 is 0. The van der Waals surface area contributed by atoms with Gasteiger partial charge in [0.15, 0.2) is 17.6 Å². The van der Waals surface area contributed by atoms with E-state index in [0.29, 0.717) is 22.8 Å². The molecule has 0 unspecified atom stereocenters. The van der Waals surface area contributed by atoms with E-state index in [0.717, 1.165) is 0 Å². The van der Waals surface area contributed by atoms with Crippen LogP contribution in [0.2, 0.25) is 0 Å². The van der Waals surface area contributed by atoms with Crippen LogP contribution in [0.15, 0.2) is 30.5 Å². The highest BCUT2D eigenvalue weighted by atomic mass is 16.8. The second kappa shape index (κ2) is 7.26. The van der Waals surface area contributed by atoms with Crippen LogP contribution in [0.5, 0.6) is 11.5 Å². The van der Waals surface area contributed by atoms with Crippen molar-refractivity contribution in [1.29, 1.82) is 0 Å². The minimum absolute atomic E-state index is 0.237. The van der Waals surface area contributed by atoms with Gasteiger partial charge in [-0.05, 0) is 19.1 Å². The largest absolute Gasteiger partial charge is 0.454 e. The molecule has 0 radical (unpaired) electrons. The van der Waals surface area contributed by atoms with Crippen LogP contribution in [-0.4, -0.2) is 64.8 Å². The third-order valence-corrected chi connectivity index (χ3v) is 5.00. The Morgan fingerprint density at radius 1 is 1.29 bits per heavy atom. The molecule has 9 nitrogen and oxygen atoms in total. The summed E-state index contributed by atoms with van der Waals surface area (Å²) in [6.07, 6.45) is -1.78. The number of aliphatic hydroxyl groups is 2. The summed E-state index contributed by atoms with van der Waals surface area (Å²) in [5.41, 5.74) is 1.26. The van der Waals surface area contributed by atoms with Gasteiger partial charge in [0.2, 0.25) is 0 Å². The van der Waals surface area contributed by atoms with E-state index in [1.807, 2.05) is 6.07 Å². The highest BCUT2D eigenvalue weighted by Gasteiger charge is 2.62. The Hall–Kier alpha value is -2.30. The van der Waals surface area contributed by atoms with E-state index in [4.69, 9.17) is 23.7 Å². The fourth-order valence-electron chi connectivity index (χ4n) is 3.57. The maximum absolute atomic E-state index is 11.0. The Kier molecular flexibility index (Phi) is 4.94. The molecule has 4 heterocycles. The Morgan fingerprint density at radius 2 is 2.11 bits per heavy atom. The molecule has 0 spiro atoms. The highest BCUT2D eigenvalue weighted by Crippen LogP contribution is 2.48. The smallest absolute Gasteiger partial charge is 0.302 e. The van der Waals surface area contributed by atoms with Gasteiger partial charge in [-0.15, -0.1) is 0 Å². The zero-order chi connectivity index (χ0) is 19.9. The van der Waals surface area contributed by atoms with Crippen LogP contribution in [0.4, 0.5) is 0 Å². The molecule has 28 heavy (non-hydrogen) atoms. The van der Waals surface area contributed by atoms with Gasteiger partial charge in [-0.25, -0.2) is 4.98 Å². The van der Waals surface area contributed by atoms with Crippen molar-refractivity contribution in [2.24, 2.45) is 0 Å². The van der Waals surface area contributed by atoms with Crippen LogP contribution in [0.3, 0.4) is 0 Å². The van der Waals surface area contributed by atoms with Crippen LogP contribution >= 0.6 is 0 Å². The first-order valence-electron chi connectivity index (χ1n) is 8.87. The SMILES string of the molecule is CO[C@H]1[C@H](C)O[C@H]2Oc3cc(CO)nc(-c4ccccn4)c3O[C@@]2(OC)[C@@H]1O. The number of hydrogen-bond acceptors (Lipinski definition) is 9. The molecule has 1 saturated heterocycles. The molecular formula is C19H22N2O7. The van der Waals surface area contributed by atoms with Gasteiger partial charge in [-0.2, -0.15) is 0 Å². The van der Waals surface area contributed by atoms with Crippen molar-refractivity contribution >= 4 is 0 Å². The number of ether oxygens (including phenoxy) is 5. The minimum atomic E-state index is -1.66. The maximum Gasteiger partial charge on any atom is 0.302 e. The number of aromatic nitrogens is 2. The van der Waals surface area contributed by atoms with E-state index in [1.165, 1.54) is 14.2 Å². The van der Waals surface area contributed by atoms with Gasteiger partial charge in [-0.3, -0.25) is 4.98 Å². The van der Waals surface area contributed by atoms with Gasteiger partial charge in [0.1, 0.15) is 11.8 Å². The number of methoxy groups -OCH3 is 2. The van der Waals surface area contributed by atoms with Crippen molar-refractivity contribution in [3.63, 3.8) is 0 Å². The van der Waals surface area contributed by atoms with Crippen LogP contribution in [0.1, 0.15) is 12.6 Å². The molecule has 0 saturated carbocycles. The Labute approximate surface area is 161 Å². The number of aliphatic hydroxyl groups excluding tert-OH is 2. The lowest BCUT2D eigenvalue weighted by molar-refractivity contribution is -0.391. The fourth-order valence-corrected chi connectivity index (χ4v) is 3.57. The van der Waals surface area contributed by atoms with E-state index in [2.05, 4.69) is 9.97 Å². The molecule has 9 heteroatoms.